The van der Waals surface area contributed by atoms with Crippen molar-refractivity contribution in [3.05, 3.63) is 28.2 Å². The number of benzene rings is 1. The van der Waals surface area contributed by atoms with Crippen molar-refractivity contribution in [2.24, 2.45) is 0 Å². The van der Waals surface area contributed by atoms with Gasteiger partial charge in [0.05, 0.1) is 0 Å². The second-order valence-electron chi connectivity index (χ2n) is 6.57. The highest BCUT2D eigenvalue weighted by Crippen LogP contribution is 2.29. The summed E-state index contributed by atoms with van der Waals surface area (Å²) < 4.78 is 1.18. The Morgan fingerprint density at radius 3 is 2.62 bits per heavy atom. The SMILES string of the molecule is CN1CCC(N(C)c2ccc(Br)cc2CNC2CC2)CC1. The first-order valence-corrected chi connectivity index (χ1v) is 8.86. The minimum Gasteiger partial charge on any atom is -0.371 e. The van der Waals surface area contributed by atoms with E-state index in [1.165, 1.54) is 54.5 Å². The van der Waals surface area contributed by atoms with Gasteiger partial charge in [-0.1, -0.05) is 15.9 Å². The molecule has 116 valence electrons. The third-order valence-electron chi connectivity index (χ3n) is 4.82. The fraction of sp³-hybridized carbons (Fsp3) is 0.647. The zero-order valence-electron chi connectivity index (χ0n) is 13.1. The Morgan fingerprint density at radius 1 is 1.24 bits per heavy atom. The second kappa shape index (κ2) is 6.67. The predicted molar refractivity (Wildman–Crippen MR) is 92.9 cm³/mol. The van der Waals surface area contributed by atoms with Crippen LogP contribution in [0.1, 0.15) is 31.2 Å². The molecule has 0 aromatic heterocycles. The molecule has 1 heterocycles. The van der Waals surface area contributed by atoms with Gasteiger partial charge >= 0.3 is 0 Å². The highest BCUT2D eigenvalue weighted by atomic mass is 79.9. The van der Waals surface area contributed by atoms with E-state index in [1.807, 2.05) is 0 Å². The van der Waals surface area contributed by atoms with E-state index in [0.29, 0.717) is 6.04 Å². The average Bonchev–Trinajstić information content (AvgIpc) is 3.29. The molecular formula is C17H26BrN3. The lowest BCUT2D eigenvalue weighted by Crippen LogP contribution is -2.42. The van der Waals surface area contributed by atoms with E-state index in [9.17, 15) is 0 Å². The number of halogens is 1. The fourth-order valence-corrected chi connectivity index (χ4v) is 3.57. The molecule has 0 amide bonds. The standard InChI is InChI=1S/C17H26BrN3/c1-20-9-7-16(8-10-20)21(2)17-6-3-14(18)11-13(17)12-19-15-4-5-15/h3,6,11,15-16,19H,4-5,7-10,12H2,1-2H3. The summed E-state index contributed by atoms with van der Waals surface area (Å²) in [7, 11) is 4.49. The molecule has 1 aliphatic heterocycles. The largest absolute Gasteiger partial charge is 0.371 e. The van der Waals surface area contributed by atoms with Crippen molar-refractivity contribution < 1.29 is 0 Å². The fourth-order valence-electron chi connectivity index (χ4n) is 3.16. The van der Waals surface area contributed by atoms with Crippen LogP contribution in [0.25, 0.3) is 0 Å². The molecule has 1 N–H and O–H groups in total. The van der Waals surface area contributed by atoms with Gasteiger partial charge in [-0.15, -0.1) is 0 Å². The number of rotatable bonds is 5. The van der Waals surface area contributed by atoms with Gasteiger partial charge in [-0.2, -0.15) is 0 Å². The Hall–Kier alpha value is -0.580. The first kappa shape index (κ1) is 15.3. The Labute approximate surface area is 136 Å². The number of nitrogens with zero attached hydrogens (tertiary/aromatic N) is 2. The molecule has 3 rings (SSSR count). The third-order valence-corrected chi connectivity index (χ3v) is 5.31. The van der Waals surface area contributed by atoms with Crippen molar-refractivity contribution in [3.8, 4) is 0 Å². The van der Waals surface area contributed by atoms with E-state index in [0.717, 1.165) is 12.6 Å². The van der Waals surface area contributed by atoms with E-state index in [2.05, 4.69) is 63.3 Å². The zero-order chi connectivity index (χ0) is 14.8. The lowest BCUT2D eigenvalue weighted by atomic mass is 10.0. The van der Waals surface area contributed by atoms with Crippen LogP contribution in [-0.2, 0) is 6.54 Å². The lowest BCUT2D eigenvalue weighted by Gasteiger charge is -2.37. The van der Waals surface area contributed by atoms with Gasteiger partial charge in [-0.3, -0.25) is 0 Å². The molecule has 1 aromatic rings. The molecule has 0 bridgehead atoms. The monoisotopic (exact) mass is 351 g/mol. The molecule has 4 heteroatoms. The topological polar surface area (TPSA) is 18.5 Å². The predicted octanol–water partition coefficient (Wildman–Crippen LogP) is 3.23. The molecule has 1 saturated carbocycles. The van der Waals surface area contributed by atoms with Crippen molar-refractivity contribution in [2.75, 3.05) is 32.1 Å². The number of anilines is 1. The maximum absolute atomic E-state index is 3.65. The summed E-state index contributed by atoms with van der Waals surface area (Å²) in [6.45, 7) is 3.40. The third kappa shape index (κ3) is 3.99. The molecule has 1 aromatic carbocycles. The van der Waals surface area contributed by atoms with Crippen molar-refractivity contribution in [3.63, 3.8) is 0 Å². The molecule has 0 spiro atoms. The number of likely N-dealkylation sites (tertiary alicyclic amines) is 1. The smallest absolute Gasteiger partial charge is 0.0412 e. The lowest BCUT2D eigenvalue weighted by molar-refractivity contribution is 0.252. The Bertz CT molecular complexity index is 479. The van der Waals surface area contributed by atoms with Gasteiger partial charge in [0, 0.05) is 35.8 Å². The van der Waals surface area contributed by atoms with Crippen molar-refractivity contribution >= 4 is 21.6 Å². The summed E-state index contributed by atoms with van der Waals surface area (Å²) in [4.78, 5) is 4.94. The molecular weight excluding hydrogens is 326 g/mol. The molecule has 0 unspecified atom stereocenters. The summed E-state index contributed by atoms with van der Waals surface area (Å²) in [5, 5.41) is 3.65. The maximum atomic E-state index is 3.65. The van der Waals surface area contributed by atoms with Gasteiger partial charge in [0.1, 0.15) is 0 Å². The van der Waals surface area contributed by atoms with Gasteiger partial charge in [0.2, 0.25) is 0 Å². The highest BCUT2D eigenvalue weighted by molar-refractivity contribution is 9.10. The normalized spacial score (nSPS) is 20.7. The summed E-state index contributed by atoms with van der Waals surface area (Å²) in [6.07, 6.45) is 5.21. The van der Waals surface area contributed by atoms with Gasteiger partial charge in [0.25, 0.3) is 0 Å². The van der Waals surface area contributed by atoms with Gasteiger partial charge < -0.3 is 15.1 Å². The van der Waals surface area contributed by atoms with E-state index in [-0.39, 0.29) is 0 Å². The Balaban J connectivity index is 1.72. The van der Waals surface area contributed by atoms with E-state index in [1.54, 1.807) is 0 Å². The quantitative estimate of drug-likeness (QED) is 0.878. The maximum Gasteiger partial charge on any atom is 0.0412 e. The first-order valence-electron chi connectivity index (χ1n) is 8.06. The molecule has 0 radical (unpaired) electrons. The Morgan fingerprint density at radius 2 is 1.95 bits per heavy atom. The van der Waals surface area contributed by atoms with Crippen molar-refractivity contribution in [1.82, 2.24) is 10.2 Å². The van der Waals surface area contributed by atoms with Crippen LogP contribution in [0.5, 0.6) is 0 Å². The Kier molecular flexibility index (Phi) is 4.87. The van der Waals surface area contributed by atoms with Crippen molar-refractivity contribution in [1.29, 1.82) is 0 Å². The van der Waals surface area contributed by atoms with Gasteiger partial charge in [-0.25, -0.2) is 0 Å². The molecule has 1 aliphatic carbocycles. The van der Waals surface area contributed by atoms with Gasteiger partial charge in [0.15, 0.2) is 0 Å². The zero-order valence-corrected chi connectivity index (χ0v) is 14.7. The van der Waals surface area contributed by atoms with E-state index >= 15 is 0 Å². The number of piperidine rings is 1. The number of hydrogen-bond acceptors (Lipinski definition) is 3. The molecule has 21 heavy (non-hydrogen) atoms. The van der Waals surface area contributed by atoms with Crippen LogP contribution in [-0.4, -0.2) is 44.2 Å². The molecule has 2 fully saturated rings. The first-order chi connectivity index (χ1) is 10.1. The van der Waals surface area contributed by atoms with Crippen LogP contribution >= 0.6 is 15.9 Å². The van der Waals surface area contributed by atoms with Crippen LogP contribution in [0, 0.1) is 0 Å². The number of nitrogens with one attached hydrogen (secondary N) is 1. The molecule has 1 saturated heterocycles. The summed E-state index contributed by atoms with van der Waals surface area (Å²) in [5.74, 6) is 0. The van der Waals surface area contributed by atoms with Crippen LogP contribution in [0.4, 0.5) is 5.69 Å². The van der Waals surface area contributed by atoms with Crippen LogP contribution < -0.4 is 10.2 Å². The van der Waals surface area contributed by atoms with Gasteiger partial charge in [-0.05, 0) is 69.6 Å². The number of hydrogen-bond donors (Lipinski definition) is 1. The summed E-state index contributed by atoms with van der Waals surface area (Å²) in [6, 6.07) is 8.14. The minimum atomic E-state index is 0.669. The summed E-state index contributed by atoms with van der Waals surface area (Å²) in [5.41, 5.74) is 2.80. The van der Waals surface area contributed by atoms with E-state index in [4.69, 9.17) is 0 Å². The summed E-state index contributed by atoms with van der Waals surface area (Å²) >= 11 is 3.62. The van der Waals surface area contributed by atoms with Crippen molar-refractivity contribution in [2.45, 2.75) is 44.3 Å². The second-order valence-corrected chi connectivity index (χ2v) is 7.49. The highest BCUT2D eigenvalue weighted by Gasteiger charge is 2.24. The van der Waals surface area contributed by atoms with E-state index < -0.39 is 0 Å². The van der Waals surface area contributed by atoms with Crippen LogP contribution in [0.2, 0.25) is 0 Å². The van der Waals surface area contributed by atoms with Crippen LogP contribution in [0.3, 0.4) is 0 Å². The molecule has 3 nitrogen and oxygen atoms in total. The minimum absolute atomic E-state index is 0.669. The molecule has 0 atom stereocenters. The molecule has 2 aliphatic rings. The average molecular weight is 352 g/mol. The van der Waals surface area contributed by atoms with Crippen LogP contribution in [0.15, 0.2) is 22.7 Å².